The first-order valence-electron chi connectivity index (χ1n) is 12.4. The number of furan rings is 1. The number of ether oxygens (including phenoxy) is 2. The number of rotatable bonds is 9. The minimum absolute atomic E-state index is 0.0529. The molecule has 1 aliphatic heterocycles. The second-order valence-electron chi connectivity index (χ2n) is 9.70. The molecule has 0 saturated heterocycles. The lowest BCUT2D eigenvalue weighted by Gasteiger charge is -2.27. The molecule has 0 fully saturated rings. The summed E-state index contributed by atoms with van der Waals surface area (Å²) in [5, 5.41) is 12.0. The first-order valence-corrected chi connectivity index (χ1v) is 12.8. The van der Waals surface area contributed by atoms with Crippen LogP contribution < -0.4 is 9.47 Å². The fourth-order valence-electron chi connectivity index (χ4n) is 4.60. The fourth-order valence-corrected chi connectivity index (χ4v) is 4.82. The molecule has 2 aromatic carbocycles. The normalized spacial score (nSPS) is 15.5. The van der Waals surface area contributed by atoms with Gasteiger partial charge in [0, 0.05) is 35.4 Å². The van der Waals surface area contributed by atoms with Gasteiger partial charge in [-0.1, -0.05) is 37.6 Å². The minimum Gasteiger partial charge on any atom is -0.503 e. The molecule has 0 saturated carbocycles. The lowest BCUT2D eigenvalue weighted by atomic mass is 9.94. The summed E-state index contributed by atoms with van der Waals surface area (Å²) in [4.78, 5) is 32.8. The maximum absolute atomic E-state index is 13.9. The Morgan fingerprint density at radius 1 is 1.15 bits per heavy atom. The molecule has 3 heterocycles. The number of halogens is 1. The molecule has 9 heteroatoms. The highest BCUT2D eigenvalue weighted by Crippen LogP contribution is 2.42. The third kappa shape index (κ3) is 5.20. The lowest BCUT2D eigenvalue weighted by Crippen LogP contribution is -2.30. The Bertz CT molecular complexity index is 1580. The number of benzene rings is 2. The standard InChI is InChI=1S/C30H27ClN2O6/c1-17(2)16-38-22-6-4-5-19(12-22)26-25(28(35)30(36)33(26)15-18-7-9-32-10-8-18)27(34)23-13-20-11-21(31)14-24(37-3)29(20)39-23/h4-14,17,26,35H,15-16H2,1-3H3. The monoisotopic (exact) mass is 546 g/mol. The van der Waals surface area contributed by atoms with Crippen molar-refractivity contribution in [3.8, 4) is 11.5 Å². The molecule has 200 valence electrons. The molecule has 0 radical (unpaired) electrons. The van der Waals surface area contributed by atoms with Crippen LogP contribution in [0.5, 0.6) is 11.5 Å². The number of ketones is 1. The largest absolute Gasteiger partial charge is 0.503 e. The van der Waals surface area contributed by atoms with Crippen LogP contribution in [0.15, 0.2) is 82.7 Å². The Kier molecular flexibility index (Phi) is 7.30. The van der Waals surface area contributed by atoms with Gasteiger partial charge in [0.2, 0.25) is 5.78 Å². The summed E-state index contributed by atoms with van der Waals surface area (Å²) < 4.78 is 17.2. The van der Waals surface area contributed by atoms with Crippen LogP contribution in [0.1, 0.15) is 41.6 Å². The molecule has 4 aromatic rings. The van der Waals surface area contributed by atoms with E-state index in [4.69, 9.17) is 25.5 Å². The molecule has 0 aliphatic carbocycles. The third-order valence-electron chi connectivity index (χ3n) is 6.40. The number of methoxy groups -OCH3 is 1. The molecule has 1 N–H and O–H groups in total. The molecule has 0 spiro atoms. The molecular weight excluding hydrogens is 520 g/mol. The van der Waals surface area contributed by atoms with E-state index in [9.17, 15) is 14.7 Å². The Morgan fingerprint density at radius 3 is 2.64 bits per heavy atom. The minimum atomic E-state index is -0.889. The quantitative estimate of drug-likeness (QED) is 0.246. The number of hydrogen-bond donors (Lipinski definition) is 1. The lowest BCUT2D eigenvalue weighted by molar-refractivity contribution is -0.130. The zero-order valence-electron chi connectivity index (χ0n) is 21.7. The Hall–Kier alpha value is -4.30. The van der Waals surface area contributed by atoms with E-state index in [1.165, 1.54) is 18.1 Å². The van der Waals surface area contributed by atoms with Gasteiger partial charge < -0.3 is 23.9 Å². The molecule has 1 amide bonds. The Morgan fingerprint density at radius 2 is 1.92 bits per heavy atom. The van der Waals surface area contributed by atoms with Gasteiger partial charge in [-0.25, -0.2) is 0 Å². The van der Waals surface area contributed by atoms with Crippen LogP contribution >= 0.6 is 11.6 Å². The van der Waals surface area contributed by atoms with Crippen molar-refractivity contribution < 1.29 is 28.6 Å². The van der Waals surface area contributed by atoms with Crippen molar-refractivity contribution in [3.05, 3.63) is 100 Å². The van der Waals surface area contributed by atoms with E-state index in [0.717, 1.165) is 5.56 Å². The average Bonchev–Trinajstić information content (AvgIpc) is 3.46. The molecule has 5 rings (SSSR count). The number of nitrogens with zero attached hydrogens (tertiary/aromatic N) is 2. The average molecular weight is 547 g/mol. The van der Waals surface area contributed by atoms with Crippen LogP contribution in [0, 0.1) is 5.92 Å². The number of aliphatic hydroxyl groups excluding tert-OH is 1. The predicted octanol–water partition coefficient (Wildman–Crippen LogP) is 6.30. The van der Waals surface area contributed by atoms with Gasteiger partial charge >= 0.3 is 0 Å². The number of carbonyl (C=O) groups excluding carboxylic acids is 2. The van der Waals surface area contributed by atoms with Crippen molar-refractivity contribution in [2.75, 3.05) is 13.7 Å². The Labute approximate surface area is 230 Å². The van der Waals surface area contributed by atoms with Gasteiger partial charge in [-0.05, 0) is 53.4 Å². The van der Waals surface area contributed by atoms with E-state index in [1.807, 2.05) is 19.9 Å². The first kappa shape index (κ1) is 26.3. The topological polar surface area (TPSA) is 102 Å². The maximum Gasteiger partial charge on any atom is 0.290 e. The van der Waals surface area contributed by atoms with Crippen molar-refractivity contribution in [2.45, 2.75) is 26.4 Å². The van der Waals surface area contributed by atoms with E-state index in [-0.39, 0.29) is 17.9 Å². The molecule has 1 aliphatic rings. The third-order valence-corrected chi connectivity index (χ3v) is 6.62. The summed E-state index contributed by atoms with van der Waals surface area (Å²) in [7, 11) is 1.47. The number of hydrogen-bond acceptors (Lipinski definition) is 7. The first-order chi connectivity index (χ1) is 18.8. The van der Waals surface area contributed by atoms with Crippen molar-refractivity contribution >= 4 is 34.3 Å². The van der Waals surface area contributed by atoms with Gasteiger partial charge in [0.05, 0.1) is 25.3 Å². The number of carbonyl (C=O) groups is 2. The highest BCUT2D eigenvalue weighted by molar-refractivity contribution is 6.31. The van der Waals surface area contributed by atoms with Crippen LogP contribution in [-0.2, 0) is 11.3 Å². The van der Waals surface area contributed by atoms with Gasteiger partial charge in [0.25, 0.3) is 5.91 Å². The summed E-state index contributed by atoms with van der Waals surface area (Å²) in [6.07, 6.45) is 3.25. The second-order valence-corrected chi connectivity index (χ2v) is 10.1. The molecule has 0 bridgehead atoms. The van der Waals surface area contributed by atoms with Crippen molar-refractivity contribution in [1.29, 1.82) is 0 Å². The molecule has 39 heavy (non-hydrogen) atoms. The zero-order valence-corrected chi connectivity index (χ0v) is 22.4. The van der Waals surface area contributed by atoms with Gasteiger partial charge in [0.15, 0.2) is 22.9 Å². The van der Waals surface area contributed by atoms with Crippen LogP contribution in [0.3, 0.4) is 0 Å². The van der Waals surface area contributed by atoms with Crippen LogP contribution in [0.25, 0.3) is 11.0 Å². The maximum atomic E-state index is 13.9. The van der Waals surface area contributed by atoms with E-state index in [1.54, 1.807) is 54.9 Å². The van der Waals surface area contributed by atoms with Crippen LogP contribution in [0.2, 0.25) is 5.02 Å². The van der Waals surface area contributed by atoms with Gasteiger partial charge in [-0.15, -0.1) is 0 Å². The number of aliphatic hydroxyl groups is 1. The second kappa shape index (κ2) is 10.8. The molecule has 1 unspecified atom stereocenters. The molecule has 8 nitrogen and oxygen atoms in total. The van der Waals surface area contributed by atoms with E-state index < -0.39 is 23.5 Å². The van der Waals surface area contributed by atoms with E-state index in [2.05, 4.69) is 4.98 Å². The number of aromatic nitrogens is 1. The SMILES string of the molecule is COc1cc(Cl)cc2cc(C(=O)C3=C(O)C(=O)N(Cc4ccncc4)C3c3cccc(OCC(C)C)c3)oc12. The number of pyridine rings is 1. The van der Waals surface area contributed by atoms with Crippen molar-refractivity contribution in [1.82, 2.24) is 9.88 Å². The van der Waals surface area contributed by atoms with Crippen molar-refractivity contribution in [2.24, 2.45) is 5.92 Å². The summed E-state index contributed by atoms with van der Waals surface area (Å²) in [6, 6.07) is 14.6. The van der Waals surface area contributed by atoms with Gasteiger partial charge in [-0.2, -0.15) is 0 Å². The molecule has 1 atom stereocenters. The van der Waals surface area contributed by atoms with Crippen molar-refractivity contribution in [3.63, 3.8) is 0 Å². The number of Topliss-reactive ketones (excluding diaryl/α,β-unsaturated/α-hetero) is 1. The number of amides is 1. The predicted molar refractivity (Wildman–Crippen MR) is 146 cm³/mol. The van der Waals surface area contributed by atoms with E-state index >= 15 is 0 Å². The summed E-state index contributed by atoms with van der Waals surface area (Å²) in [6.45, 7) is 4.74. The fraction of sp³-hybridized carbons (Fsp3) is 0.233. The highest BCUT2D eigenvalue weighted by atomic mass is 35.5. The summed E-state index contributed by atoms with van der Waals surface area (Å²) >= 11 is 6.20. The van der Waals surface area contributed by atoms with E-state index in [0.29, 0.717) is 45.6 Å². The highest BCUT2D eigenvalue weighted by Gasteiger charge is 2.44. The molecule has 2 aromatic heterocycles. The Balaban J connectivity index is 1.59. The van der Waals surface area contributed by atoms with Gasteiger partial charge in [0.1, 0.15) is 5.75 Å². The van der Waals surface area contributed by atoms with Crippen LogP contribution in [0.4, 0.5) is 0 Å². The summed E-state index contributed by atoms with van der Waals surface area (Å²) in [5.74, 6) is -0.691. The summed E-state index contributed by atoms with van der Waals surface area (Å²) in [5.41, 5.74) is 1.66. The molecular formula is C30H27ClN2O6. The smallest absolute Gasteiger partial charge is 0.290 e. The van der Waals surface area contributed by atoms with Crippen LogP contribution in [-0.4, -0.2) is 40.4 Å². The number of fused-ring (bicyclic) bond motifs is 1. The van der Waals surface area contributed by atoms with Gasteiger partial charge in [-0.3, -0.25) is 14.6 Å². The zero-order chi connectivity index (χ0) is 27.7.